The zero-order valence-corrected chi connectivity index (χ0v) is 11.8. The van der Waals surface area contributed by atoms with Gasteiger partial charge in [-0.05, 0) is 37.0 Å². The molecule has 1 aliphatic rings. The van der Waals surface area contributed by atoms with Crippen LogP contribution in [-0.4, -0.2) is 22.4 Å². The van der Waals surface area contributed by atoms with Gasteiger partial charge in [0.2, 0.25) is 0 Å². The van der Waals surface area contributed by atoms with Gasteiger partial charge in [-0.3, -0.25) is 0 Å². The van der Waals surface area contributed by atoms with E-state index in [9.17, 15) is 10.2 Å². The van der Waals surface area contributed by atoms with Crippen molar-refractivity contribution in [2.75, 3.05) is 0 Å². The number of aliphatic hydroxyl groups excluding tert-OH is 2. The largest absolute Gasteiger partial charge is 0.390 e. The first kappa shape index (κ1) is 15.0. The van der Waals surface area contributed by atoms with Crippen LogP contribution in [0.3, 0.4) is 0 Å². The molecule has 17 heavy (non-hydrogen) atoms. The van der Waals surface area contributed by atoms with Gasteiger partial charge in [0.25, 0.3) is 0 Å². The first-order chi connectivity index (χ1) is 7.90. The minimum Gasteiger partial charge on any atom is -0.390 e. The molecule has 1 saturated carbocycles. The Morgan fingerprint density at radius 1 is 1.06 bits per heavy atom. The van der Waals surface area contributed by atoms with Gasteiger partial charge in [0.15, 0.2) is 0 Å². The van der Waals surface area contributed by atoms with Gasteiger partial charge in [-0.25, -0.2) is 0 Å². The SMILES string of the molecule is CC(C)(C)CCCC(O)C(O)C1CCCCC1. The average molecular weight is 242 g/mol. The molecule has 0 spiro atoms. The third kappa shape index (κ3) is 5.87. The standard InChI is InChI=1S/C15H30O2/c1-15(2,3)11-7-10-13(16)14(17)12-8-5-4-6-9-12/h12-14,16-17H,4-11H2,1-3H3. The third-order valence-corrected chi connectivity index (χ3v) is 3.95. The van der Waals surface area contributed by atoms with Gasteiger partial charge >= 0.3 is 0 Å². The molecule has 0 heterocycles. The molecule has 0 aromatic rings. The van der Waals surface area contributed by atoms with Gasteiger partial charge in [-0.15, -0.1) is 0 Å². The van der Waals surface area contributed by atoms with E-state index in [0.29, 0.717) is 11.3 Å². The van der Waals surface area contributed by atoms with E-state index in [0.717, 1.165) is 32.1 Å². The minimum absolute atomic E-state index is 0.329. The second kappa shape index (κ2) is 6.75. The van der Waals surface area contributed by atoms with Crippen molar-refractivity contribution in [2.24, 2.45) is 11.3 Å². The second-order valence-corrected chi connectivity index (χ2v) is 6.91. The molecule has 0 aliphatic heterocycles. The van der Waals surface area contributed by atoms with Crippen molar-refractivity contribution >= 4 is 0 Å². The predicted molar refractivity (Wildman–Crippen MR) is 71.9 cm³/mol. The minimum atomic E-state index is -0.513. The normalized spacial score (nSPS) is 22.4. The summed E-state index contributed by atoms with van der Waals surface area (Å²) in [7, 11) is 0. The first-order valence-electron chi connectivity index (χ1n) is 7.26. The van der Waals surface area contributed by atoms with E-state index in [1.54, 1.807) is 0 Å². The molecule has 1 rings (SSSR count). The van der Waals surface area contributed by atoms with Crippen LogP contribution in [0.4, 0.5) is 0 Å². The highest BCUT2D eigenvalue weighted by atomic mass is 16.3. The Hall–Kier alpha value is -0.0800. The van der Waals surface area contributed by atoms with Crippen LogP contribution >= 0.6 is 0 Å². The van der Waals surface area contributed by atoms with Gasteiger partial charge in [0.1, 0.15) is 0 Å². The smallest absolute Gasteiger partial charge is 0.0827 e. The maximum Gasteiger partial charge on any atom is 0.0827 e. The summed E-state index contributed by atoms with van der Waals surface area (Å²) < 4.78 is 0. The lowest BCUT2D eigenvalue weighted by molar-refractivity contribution is -0.0322. The van der Waals surface area contributed by atoms with Crippen molar-refractivity contribution in [1.29, 1.82) is 0 Å². The van der Waals surface area contributed by atoms with E-state index in [4.69, 9.17) is 0 Å². The van der Waals surface area contributed by atoms with Crippen LogP contribution in [0.15, 0.2) is 0 Å². The summed E-state index contributed by atoms with van der Waals surface area (Å²) in [5.74, 6) is 0.341. The molecule has 2 heteroatoms. The number of aliphatic hydroxyl groups is 2. The molecule has 1 fully saturated rings. The second-order valence-electron chi connectivity index (χ2n) is 6.91. The van der Waals surface area contributed by atoms with Crippen LogP contribution in [0.1, 0.15) is 72.1 Å². The van der Waals surface area contributed by atoms with E-state index >= 15 is 0 Å². The Balaban J connectivity index is 2.23. The summed E-state index contributed by atoms with van der Waals surface area (Å²) in [6.45, 7) is 6.66. The highest BCUT2D eigenvalue weighted by molar-refractivity contribution is 4.79. The monoisotopic (exact) mass is 242 g/mol. The molecule has 2 nitrogen and oxygen atoms in total. The quantitative estimate of drug-likeness (QED) is 0.774. The average Bonchev–Trinajstić information content (AvgIpc) is 2.27. The molecule has 0 radical (unpaired) electrons. The number of hydrogen-bond donors (Lipinski definition) is 2. The lowest BCUT2D eigenvalue weighted by Gasteiger charge is -2.30. The van der Waals surface area contributed by atoms with Crippen LogP contribution in [0.2, 0.25) is 0 Å². The summed E-state index contributed by atoms with van der Waals surface area (Å²) in [6, 6.07) is 0. The van der Waals surface area contributed by atoms with E-state index in [-0.39, 0.29) is 0 Å². The molecule has 2 atom stereocenters. The maximum atomic E-state index is 10.1. The molecular weight excluding hydrogens is 212 g/mol. The lowest BCUT2D eigenvalue weighted by atomic mass is 9.81. The van der Waals surface area contributed by atoms with Gasteiger partial charge in [-0.2, -0.15) is 0 Å². The van der Waals surface area contributed by atoms with Crippen molar-refractivity contribution in [2.45, 2.75) is 84.3 Å². The van der Waals surface area contributed by atoms with Gasteiger partial charge in [0.05, 0.1) is 12.2 Å². The van der Waals surface area contributed by atoms with Crippen LogP contribution in [-0.2, 0) is 0 Å². The number of hydrogen-bond acceptors (Lipinski definition) is 2. The first-order valence-corrected chi connectivity index (χ1v) is 7.26. The van der Waals surface area contributed by atoms with Crippen molar-refractivity contribution in [3.05, 3.63) is 0 Å². The Morgan fingerprint density at radius 2 is 1.65 bits per heavy atom. The summed E-state index contributed by atoms with van der Waals surface area (Å²) in [4.78, 5) is 0. The van der Waals surface area contributed by atoms with Crippen molar-refractivity contribution in [3.63, 3.8) is 0 Å². The van der Waals surface area contributed by atoms with Crippen LogP contribution in [0, 0.1) is 11.3 Å². The Bertz CT molecular complexity index is 201. The van der Waals surface area contributed by atoms with E-state index in [1.165, 1.54) is 19.3 Å². The van der Waals surface area contributed by atoms with Crippen molar-refractivity contribution < 1.29 is 10.2 Å². The Kier molecular flexibility index (Phi) is 5.94. The maximum absolute atomic E-state index is 10.1. The zero-order chi connectivity index (χ0) is 12.9. The van der Waals surface area contributed by atoms with Crippen molar-refractivity contribution in [3.8, 4) is 0 Å². The molecule has 0 saturated heterocycles. The molecule has 0 bridgehead atoms. The van der Waals surface area contributed by atoms with Crippen molar-refractivity contribution in [1.82, 2.24) is 0 Å². The summed E-state index contributed by atoms with van der Waals surface area (Å²) in [5, 5.41) is 20.1. The van der Waals surface area contributed by atoms with Crippen LogP contribution in [0.25, 0.3) is 0 Å². The molecular formula is C15H30O2. The van der Waals surface area contributed by atoms with E-state index in [1.807, 2.05) is 0 Å². The molecule has 1 aliphatic carbocycles. The van der Waals surface area contributed by atoms with Gasteiger partial charge < -0.3 is 10.2 Å². The highest BCUT2D eigenvalue weighted by Gasteiger charge is 2.27. The fraction of sp³-hybridized carbons (Fsp3) is 1.00. The molecule has 102 valence electrons. The van der Waals surface area contributed by atoms with Gasteiger partial charge in [0, 0.05) is 0 Å². The molecule has 0 amide bonds. The Labute approximate surface area is 106 Å². The zero-order valence-electron chi connectivity index (χ0n) is 11.8. The lowest BCUT2D eigenvalue weighted by Crippen LogP contribution is -2.34. The summed E-state index contributed by atoms with van der Waals surface area (Å²) in [6.07, 6.45) is 7.78. The van der Waals surface area contributed by atoms with E-state index < -0.39 is 12.2 Å². The fourth-order valence-electron chi connectivity index (χ4n) is 2.80. The third-order valence-electron chi connectivity index (χ3n) is 3.95. The van der Waals surface area contributed by atoms with Gasteiger partial charge in [-0.1, -0.05) is 46.5 Å². The van der Waals surface area contributed by atoms with Crippen LogP contribution < -0.4 is 0 Å². The fourth-order valence-corrected chi connectivity index (χ4v) is 2.80. The topological polar surface area (TPSA) is 40.5 Å². The summed E-state index contributed by atoms with van der Waals surface area (Å²) in [5.41, 5.74) is 0.329. The molecule has 2 unspecified atom stereocenters. The molecule has 2 N–H and O–H groups in total. The van der Waals surface area contributed by atoms with Crippen LogP contribution in [0.5, 0.6) is 0 Å². The number of rotatable bonds is 5. The highest BCUT2D eigenvalue weighted by Crippen LogP contribution is 2.29. The predicted octanol–water partition coefficient (Wildman–Crippen LogP) is 3.50. The molecule has 0 aromatic carbocycles. The molecule has 0 aromatic heterocycles. The summed E-state index contributed by atoms with van der Waals surface area (Å²) >= 11 is 0. The Morgan fingerprint density at radius 3 is 2.18 bits per heavy atom. The van der Waals surface area contributed by atoms with E-state index in [2.05, 4.69) is 20.8 Å².